The number of para-hydroxylation sites is 1. The van der Waals surface area contributed by atoms with E-state index in [2.05, 4.69) is 32.2 Å². The second kappa shape index (κ2) is 7.60. The monoisotopic (exact) mass is 293 g/mol. The molecule has 0 saturated carbocycles. The SMILES string of the molecule is CCc1ccccc1N/C=C/C(=O)c1ccc(C(C)C)cc1. The van der Waals surface area contributed by atoms with Gasteiger partial charge in [-0.25, -0.2) is 0 Å². The van der Waals surface area contributed by atoms with Crippen LogP contribution in [0, 0.1) is 0 Å². The molecule has 0 aromatic heterocycles. The second-order valence-electron chi connectivity index (χ2n) is 5.63. The number of allylic oxidation sites excluding steroid dienone is 1. The maximum atomic E-state index is 12.1. The lowest BCUT2D eigenvalue weighted by Gasteiger charge is -2.07. The molecule has 2 heteroatoms. The molecule has 114 valence electrons. The van der Waals surface area contributed by atoms with E-state index in [-0.39, 0.29) is 5.78 Å². The van der Waals surface area contributed by atoms with E-state index in [1.807, 2.05) is 42.5 Å². The molecule has 0 fully saturated rings. The van der Waals surface area contributed by atoms with Crippen molar-refractivity contribution in [3.63, 3.8) is 0 Å². The standard InChI is InChI=1S/C20H23NO/c1-4-16-7-5-6-8-19(16)21-14-13-20(22)18-11-9-17(10-12-18)15(2)3/h5-15,21H,4H2,1-3H3/b14-13+. The summed E-state index contributed by atoms with van der Waals surface area (Å²) in [4.78, 5) is 12.1. The average Bonchev–Trinajstić information content (AvgIpc) is 2.55. The predicted octanol–water partition coefficient (Wildman–Crippen LogP) is 5.18. The van der Waals surface area contributed by atoms with Crippen molar-refractivity contribution in [1.82, 2.24) is 0 Å². The molecule has 0 aliphatic rings. The van der Waals surface area contributed by atoms with Gasteiger partial charge in [0.1, 0.15) is 0 Å². The maximum Gasteiger partial charge on any atom is 0.187 e. The number of rotatable bonds is 6. The summed E-state index contributed by atoms with van der Waals surface area (Å²) in [7, 11) is 0. The van der Waals surface area contributed by atoms with Crippen LogP contribution in [0.25, 0.3) is 0 Å². The summed E-state index contributed by atoms with van der Waals surface area (Å²) < 4.78 is 0. The van der Waals surface area contributed by atoms with Gasteiger partial charge in [-0.05, 0) is 29.5 Å². The third-order valence-electron chi connectivity index (χ3n) is 3.73. The molecule has 0 heterocycles. The van der Waals surface area contributed by atoms with Crippen LogP contribution in [0.15, 0.2) is 60.8 Å². The van der Waals surface area contributed by atoms with Crippen molar-refractivity contribution in [2.24, 2.45) is 0 Å². The van der Waals surface area contributed by atoms with Crippen LogP contribution in [-0.2, 0) is 6.42 Å². The summed E-state index contributed by atoms with van der Waals surface area (Å²) in [6.07, 6.45) is 4.26. The third-order valence-corrected chi connectivity index (χ3v) is 3.73. The van der Waals surface area contributed by atoms with Crippen LogP contribution in [0.5, 0.6) is 0 Å². The number of hydrogen-bond donors (Lipinski definition) is 1. The quantitative estimate of drug-likeness (QED) is 0.587. The van der Waals surface area contributed by atoms with E-state index >= 15 is 0 Å². The van der Waals surface area contributed by atoms with Gasteiger partial charge >= 0.3 is 0 Å². The minimum atomic E-state index is 0.0109. The maximum absolute atomic E-state index is 12.1. The molecular weight excluding hydrogens is 270 g/mol. The zero-order chi connectivity index (χ0) is 15.9. The molecule has 2 aromatic rings. The number of carbonyl (C=O) groups is 1. The highest BCUT2D eigenvalue weighted by atomic mass is 16.1. The summed E-state index contributed by atoms with van der Waals surface area (Å²) in [5, 5.41) is 3.19. The molecule has 22 heavy (non-hydrogen) atoms. The highest BCUT2D eigenvalue weighted by Crippen LogP contribution is 2.16. The normalized spacial score (nSPS) is 11.1. The molecule has 0 amide bonds. The van der Waals surface area contributed by atoms with E-state index in [9.17, 15) is 4.79 Å². The van der Waals surface area contributed by atoms with E-state index < -0.39 is 0 Å². The Hall–Kier alpha value is -2.35. The van der Waals surface area contributed by atoms with E-state index in [4.69, 9.17) is 0 Å². The lowest BCUT2D eigenvalue weighted by molar-refractivity contribution is 0.104. The minimum Gasteiger partial charge on any atom is -0.361 e. The van der Waals surface area contributed by atoms with Gasteiger partial charge in [-0.3, -0.25) is 4.79 Å². The van der Waals surface area contributed by atoms with Gasteiger partial charge in [0.25, 0.3) is 0 Å². The van der Waals surface area contributed by atoms with Crippen molar-refractivity contribution < 1.29 is 4.79 Å². The Morgan fingerprint density at radius 2 is 1.77 bits per heavy atom. The van der Waals surface area contributed by atoms with Gasteiger partial charge in [-0.2, -0.15) is 0 Å². The molecule has 0 unspecified atom stereocenters. The first-order valence-electron chi connectivity index (χ1n) is 7.77. The van der Waals surface area contributed by atoms with E-state index in [0.717, 1.165) is 12.1 Å². The van der Waals surface area contributed by atoms with Crippen molar-refractivity contribution in [3.8, 4) is 0 Å². The van der Waals surface area contributed by atoms with Gasteiger partial charge in [0.15, 0.2) is 5.78 Å². The van der Waals surface area contributed by atoms with Crippen LogP contribution in [-0.4, -0.2) is 5.78 Å². The van der Waals surface area contributed by atoms with Crippen LogP contribution in [0.1, 0.15) is 48.2 Å². The zero-order valence-corrected chi connectivity index (χ0v) is 13.5. The Morgan fingerprint density at radius 3 is 2.41 bits per heavy atom. The van der Waals surface area contributed by atoms with Crippen LogP contribution < -0.4 is 5.32 Å². The summed E-state index contributed by atoms with van der Waals surface area (Å²) in [6.45, 7) is 6.41. The van der Waals surface area contributed by atoms with Gasteiger partial charge in [0.05, 0.1) is 0 Å². The molecule has 1 N–H and O–H groups in total. The van der Waals surface area contributed by atoms with Crippen molar-refractivity contribution in [2.75, 3.05) is 5.32 Å². The van der Waals surface area contributed by atoms with Crippen LogP contribution in [0.2, 0.25) is 0 Å². The van der Waals surface area contributed by atoms with Crippen molar-refractivity contribution in [2.45, 2.75) is 33.1 Å². The highest BCUT2D eigenvalue weighted by molar-refractivity contribution is 6.04. The highest BCUT2D eigenvalue weighted by Gasteiger charge is 2.03. The summed E-state index contributed by atoms with van der Waals surface area (Å²) in [6, 6.07) is 15.9. The van der Waals surface area contributed by atoms with Gasteiger partial charge < -0.3 is 5.32 Å². The van der Waals surface area contributed by atoms with E-state index in [1.54, 1.807) is 12.3 Å². The van der Waals surface area contributed by atoms with Crippen molar-refractivity contribution in [3.05, 3.63) is 77.5 Å². The Kier molecular flexibility index (Phi) is 5.54. The topological polar surface area (TPSA) is 29.1 Å². The van der Waals surface area contributed by atoms with Crippen molar-refractivity contribution in [1.29, 1.82) is 0 Å². The second-order valence-corrected chi connectivity index (χ2v) is 5.63. The molecule has 0 atom stereocenters. The molecule has 2 aromatic carbocycles. The van der Waals surface area contributed by atoms with Gasteiger partial charge in [-0.1, -0.05) is 63.2 Å². The van der Waals surface area contributed by atoms with Gasteiger partial charge in [0.2, 0.25) is 0 Å². The fourth-order valence-electron chi connectivity index (χ4n) is 2.31. The lowest BCUT2D eigenvalue weighted by atomic mass is 10.0. The number of ketones is 1. The number of hydrogen-bond acceptors (Lipinski definition) is 2. The van der Waals surface area contributed by atoms with E-state index in [1.165, 1.54) is 11.1 Å². The Morgan fingerprint density at radius 1 is 1.09 bits per heavy atom. The molecule has 0 bridgehead atoms. The summed E-state index contributed by atoms with van der Waals surface area (Å²) in [5.41, 5.74) is 4.24. The van der Waals surface area contributed by atoms with Crippen LogP contribution in [0.3, 0.4) is 0 Å². The molecule has 0 saturated heterocycles. The fraction of sp³-hybridized carbons (Fsp3) is 0.250. The van der Waals surface area contributed by atoms with Crippen LogP contribution >= 0.6 is 0 Å². The first-order valence-corrected chi connectivity index (χ1v) is 7.77. The molecule has 2 rings (SSSR count). The number of anilines is 1. The molecular formula is C20H23NO. The van der Waals surface area contributed by atoms with Gasteiger partial charge in [-0.15, -0.1) is 0 Å². The lowest BCUT2D eigenvalue weighted by Crippen LogP contribution is -1.98. The third kappa shape index (κ3) is 4.08. The number of benzene rings is 2. The fourth-order valence-corrected chi connectivity index (χ4v) is 2.31. The molecule has 2 nitrogen and oxygen atoms in total. The summed E-state index contributed by atoms with van der Waals surface area (Å²) in [5.74, 6) is 0.490. The van der Waals surface area contributed by atoms with Crippen molar-refractivity contribution >= 4 is 11.5 Å². The average molecular weight is 293 g/mol. The number of carbonyl (C=O) groups excluding carboxylic acids is 1. The summed E-state index contributed by atoms with van der Waals surface area (Å²) >= 11 is 0. The molecule has 0 radical (unpaired) electrons. The van der Waals surface area contributed by atoms with Crippen LogP contribution in [0.4, 0.5) is 5.69 Å². The Labute approximate surface area is 132 Å². The number of nitrogens with one attached hydrogen (secondary N) is 1. The van der Waals surface area contributed by atoms with E-state index in [0.29, 0.717) is 11.5 Å². The predicted molar refractivity (Wildman–Crippen MR) is 93.4 cm³/mol. The minimum absolute atomic E-state index is 0.0109. The first kappa shape index (κ1) is 16.0. The number of aryl methyl sites for hydroxylation is 1. The molecule has 0 spiro atoms. The Balaban J connectivity index is 2.02. The first-order chi connectivity index (χ1) is 10.6. The molecule has 0 aliphatic carbocycles. The largest absolute Gasteiger partial charge is 0.361 e. The van der Waals surface area contributed by atoms with Gasteiger partial charge in [0, 0.05) is 23.5 Å². The smallest absolute Gasteiger partial charge is 0.187 e. The Bertz CT molecular complexity index is 654. The zero-order valence-electron chi connectivity index (χ0n) is 13.5. The molecule has 0 aliphatic heterocycles.